The van der Waals surface area contributed by atoms with Gasteiger partial charge in [0.25, 0.3) is 0 Å². The van der Waals surface area contributed by atoms with Crippen molar-refractivity contribution in [3.05, 3.63) is 34.9 Å². The minimum Gasteiger partial charge on any atom is -0.341 e. The predicted molar refractivity (Wildman–Crippen MR) is 88.1 cm³/mol. The fourth-order valence-corrected chi connectivity index (χ4v) is 2.41. The maximum atomic E-state index is 12.2. The van der Waals surface area contributed by atoms with Gasteiger partial charge >= 0.3 is 0 Å². The largest absolute Gasteiger partial charge is 0.341 e. The number of nitrogens with one attached hydrogen (secondary N) is 1. The molecule has 0 unspecified atom stereocenters. The van der Waals surface area contributed by atoms with Crippen molar-refractivity contribution in [2.75, 3.05) is 7.05 Å². The number of terminal acetylenes is 1. The van der Waals surface area contributed by atoms with Gasteiger partial charge in [-0.05, 0) is 31.5 Å². The van der Waals surface area contributed by atoms with E-state index in [1.807, 2.05) is 38.1 Å². The van der Waals surface area contributed by atoms with Gasteiger partial charge in [0.1, 0.15) is 0 Å². The number of rotatable bonds is 7. The molecular formula is C17H23ClN2O. The molecule has 0 spiro atoms. The molecule has 114 valence electrons. The molecule has 4 heteroatoms. The van der Waals surface area contributed by atoms with Crippen LogP contribution in [0.4, 0.5) is 0 Å². The second-order valence-corrected chi connectivity index (χ2v) is 5.90. The molecule has 0 aliphatic heterocycles. The summed E-state index contributed by atoms with van der Waals surface area (Å²) in [7, 11) is 1.81. The van der Waals surface area contributed by atoms with Crippen LogP contribution in [0, 0.1) is 12.3 Å². The molecule has 21 heavy (non-hydrogen) atoms. The first-order valence-electron chi connectivity index (χ1n) is 7.10. The highest BCUT2D eigenvalue weighted by molar-refractivity contribution is 6.30. The van der Waals surface area contributed by atoms with Crippen LogP contribution in [0.1, 0.15) is 32.3 Å². The third kappa shape index (κ3) is 6.66. The lowest BCUT2D eigenvalue weighted by molar-refractivity contribution is -0.130. The zero-order valence-electron chi connectivity index (χ0n) is 12.9. The quantitative estimate of drug-likeness (QED) is 0.785. The van der Waals surface area contributed by atoms with E-state index in [9.17, 15) is 4.79 Å². The number of amides is 1. The summed E-state index contributed by atoms with van der Waals surface area (Å²) in [6.45, 7) is 4.58. The SMILES string of the molecule is C#CC[C@@H](C)N[C@H](C)CC(=O)N(C)Cc1cccc(Cl)c1. The van der Waals surface area contributed by atoms with E-state index in [1.54, 1.807) is 11.9 Å². The van der Waals surface area contributed by atoms with Gasteiger partial charge in [0.15, 0.2) is 0 Å². The Hall–Kier alpha value is -1.50. The first-order chi connectivity index (χ1) is 9.92. The van der Waals surface area contributed by atoms with Gasteiger partial charge in [0.2, 0.25) is 5.91 Å². The number of halogens is 1. The van der Waals surface area contributed by atoms with Crippen LogP contribution >= 0.6 is 11.6 Å². The van der Waals surface area contributed by atoms with Crippen LogP contribution in [0.5, 0.6) is 0 Å². The highest BCUT2D eigenvalue weighted by Gasteiger charge is 2.15. The van der Waals surface area contributed by atoms with E-state index in [1.165, 1.54) is 0 Å². The van der Waals surface area contributed by atoms with Crippen LogP contribution in [0.15, 0.2) is 24.3 Å². The van der Waals surface area contributed by atoms with Crippen LogP contribution in [0.25, 0.3) is 0 Å². The topological polar surface area (TPSA) is 32.3 Å². The van der Waals surface area contributed by atoms with Gasteiger partial charge in [-0.2, -0.15) is 0 Å². The third-order valence-electron chi connectivity index (χ3n) is 3.21. The van der Waals surface area contributed by atoms with Crippen LogP contribution in [-0.2, 0) is 11.3 Å². The van der Waals surface area contributed by atoms with E-state index in [0.29, 0.717) is 24.4 Å². The van der Waals surface area contributed by atoms with Crippen molar-refractivity contribution in [1.82, 2.24) is 10.2 Å². The molecule has 0 aromatic heterocycles. The van der Waals surface area contributed by atoms with Gasteiger partial charge in [-0.1, -0.05) is 23.7 Å². The number of nitrogens with zero attached hydrogens (tertiary/aromatic N) is 1. The van der Waals surface area contributed by atoms with E-state index < -0.39 is 0 Å². The Labute approximate surface area is 132 Å². The van der Waals surface area contributed by atoms with Gasteiger partial charge in [0.05, 0.1) is 0 Å². The molecule has 3 nitrogen and oxygen atoms in total. The van der Waals surface area contributed by atoms with E-state index >= 15 is 0 Å². The van der Waals surface area contributed by atoms with Gasteiger partial charge < -0.3 is 10.2 Å². The number of hydrogen-bond donors (Lipinski definition) is 1. The molecule has 2 atom stereocenters. The van der Waals surface area contributed by atoms with Crippen molar-refractivity contribution in [2.24, 2.45) is 0 Å². The molecule has 0 radical (unpaired) electrons. The summed E-state index contributed by atoms with van der Waals surface area (Å²) < 4.78 is 0. The molecule has 0 aliphatic carbocycles. The number of carbonyl (C=O) groups is 1. The average Bonchev–Trinajstić information content (AvgIpc) is 2.38. The number of benzene rings is 1. The van der Waals surface area contributed by atoms with E-state index in [4.69, 9.17) is 18.0 Å². The number of hydrogen-bond acceptors (Lipinski definition) is 2. The van der Waals surface area contributed by atoms with E-state index in [0.717, 1.165) is 5.56 Å². The normalized spacial score (nSPS) is 13.3. The van der Waals surface area contributed by atoms with Crippen molar-refractivity contribution < 1.29 is 4.79 Å². The maximum absolute atomic E-state index is 12.2. The second kappa shape index (κ2) is 8.71. The highest BCUT2D eigenvalue weighted by Crippen LogP contribution is 2.12. The van der Waals surface area contributed by atoms with Gasteiger partial charge in [0, 0.05) is 43.5 Å². The maximum Gasteiger partial charge on any atom is 0.224 e. The Kier molecular flexibility index (Phi) is 7.28. The molecule has 0 heterocycles. The standard InChI is InChI=1S/C17H23ClN2O/c1-5-7-13(2)19-14(3)10-17(21)20(4)12-15-8-6-9-16(18)11-15/h1,6,8-9,11,13-14,19H,7,10,12H2,2-4H3/t13-,14-/m1/s1. The van der Waals surface area contributed by atoms with Crippen molar-refractivity contribution >= 4 is 17.5 Å². The Morgan fingerprint density at radius 1 is 1.43 bits per heavy atom. The first kappa shape index (κ1) is 17.6. The van der Waals surface area contributed by atoms with Gasteiger partial charge in [-0.25, -0.2) is 0 Å². The molecule has 0 saturated heterocycles. The molecule has 0 aliphatic rings. The van der Waals surface area contributed by atoms with Crippen LogP contribution in [0.3, 0.4) is 0 Å². The van der Waals surface area contributed by atoms with Crippen molar-refractivity contribution in [3.8, 4) is 12.3 Å². The summed E-state index contributed by atoms with van der Waals surface area (Å²) >= 11 is 5.95. The number of carbonyl (C=O) groups excluding carboxylic acids is 1. The highest BCUT2D eigenvalue weighted by atomic mass is 35.5. The van der Waals surface area contributed by atoms with E-state index in [2.05, 4.69) is 11.2 Å². The fourth-order valence-electron chi connectivity index (χ4n) is 2.20. The smallest absolute Gasteiger partial charge is 0.224 e. The summed E-state index contributed by atoms with van der Waals surface area (Å²) in [6.07, 6.45) is 6.39. The second-order valence-electron chi connectivity index (χ2n) is 5.46. The molecule has 1 aromatic rings. The molecule has 0 fully saturated rings. The molecular weight excluding hydrogens is 284 g/mol. The van der Waals surface area contributed by atoms with Crippen LogP contribution in [-0.4, -0.2) is 29.9 Å². The predicted octanol–water partition coefficient (Wildman–Crippen LogP) is 3.08. The molecule has 1 aromatic carbocycles. The van der Waals surface area contributed by atoms with Gasteiger partial charge in [-0.3, -0.25) is 4.79 Å². The van der Waals surface area contributed by atoms with E-state index in [-0.39, 0.29) is 18.0 Å². The molecule has 0 saturated carbocycles. The third-order valence-corrected chi connectivity index (χ3v) is 3.44. The minimum atomic E-state index is 0.0997. The summed E-state index contributed by atoms with van der Waals surface area (Å²) in [5.41, 5.74) is 1.03. The van der Waals surface area contributed by atoms with Gasteiger partial charge in [-0.15, -0.1) is 12.3 Å². The average molecular weight is 307 g/mol. The van der Waals surface area contributed by atoms with Crippen molar-refractivity contribution in [1.29, 1.82) is 0 Å². The monoisotopic (exact) mass is 306 g/mol. The zero-order chi connectivity index (χ0) is 15.8. The molecule has 1 amide bonds. The van der Waals surface area contributed by atoms with Crippen LogP contribution in [0.2, 0.25) is 5.02 Å². The summed E-state index contributed by atoms with van der Waals surface area (Å²) in [5, 5.41) is 4.01. The Morgan fingerprint density at radius 2 is 2.14 bits per heavy atom. The lowest BCUT2D eigenvalue weighted by Gasteiger charge is -2.22. The zero-order valence-corrected chi connectivity index (χ0v) is 13.7. The molecule has 0 bridgehead atoms. The lowest BCUT2D eigenvalue weighted by Crippen LogP contribution is -2.38. The molecule has 1 rings (SSSR count). The molecule has 1 N–H and O–H groups in total. The Morgan fingerprint density at radius 3 is 2.76 bits per heavy atom. The fraction of sp³-hybridized carbons (Fsp3) is 0.471. The minimum absolute atomic E-state index is 0.0997. The first-order valence-corrected chi connectivity index (χ1v) is 7.48. The Bertz CT molecular complexity index is 510. The van der Waals surface area contributed by atoms with Crippen molar-refractivity contribution in [3.63, 3.8) is 0 Å². The lowest BCUT2D eigenvalue weighted by atomic mass is 10.1. The van der Waals surface area contributed by atoms with Crippen molar-refractivity contribution in [2.45, 2.75) is 45.3 Å². The summed E-state index contributed by atoms with van der Waals surface area (Å²) in [4.78, 5) is 13.9. The van der Waals surface area contributed by atoms with Crippen LogP contribution < -0.4 is 5.32 Å². The Balaban J connectivity index is 2.46. The summed E-state index contributed by atoms with van der Waals surface area (Å²) in [5.74, 6) is 2.72. The summed E-state index contributed by atoms with van der Waals surface area (Å²) in [6, 6.07) is 7.88.